The summed E-state index contributed by atoms with van der Waals surface area (Å²) < 4.78 is 5.20. The molecule has 7 nitrogen and oxygen atoms in total. The first kappa shape index (κ1) is 15.1. The van der Waals surface area contributed by atoms with Crippen molar-refractivity contribution in [1.29, 1.82) is 0 Å². The number of esters is 1. The second kappa shape index (κ2) is 6.43. The molecule has 0 aliphatic heterocycles. The summed E-state index contributed by atoms with van der Waals surface area (Å²) in [5.41, 5.74) is 0.0812. The summed E-state index contributed by atoms with van der Waals surface area (Å²) in [6.07, 6.45) is 2.40. The van der Waals surface area contributed by atoms with Gasteiger partial charge in [0.25, 0.3) is 0 Å². The SMILES string of the molecule is CC(=O)O[C@H]1CCC[C@@H]1CC(=O)c1cccc([N+](=O)[O-])n1. The molecule has 0 N–H and O–H groups in total. The molecule has 1 aliphatic rings. The van der Waals surface area contributed by atoms with Crippen LogP contribution >= 0.6 is 0 Å². The number of nitro groups is 1. The monoisotopic (exact) mass is 292 g/mol. The van der Waals surface area contributed by atoms with Crippen molar-refractivity contribution in [3.05, 3.63) is 34.0 Å². The second-order valence-electron chi connectivity index (χ2n) is 5.10. The molecule has 1 saturated carbocycles. The highest BCUT2D eigenvalue weighted by molar-refractivity contribution is 5.94. The Morgan fingerprint density at radius 3 is 2.86 bits per heavy atom. The fourth-order valence-electron chi connectivity index (χ4n) is 2.63. The molecule has 1 fully saturated rings. The number of pyridine rings is 1. The van der Waals surface area contributed by atoms with Crippen molar-refractivity contribution in [2.75, 3.05) is 0 Å². The summed E-state index contributed by atoms with van der Waals surface area (Å²) in [6, 6.07) is 4.15. The van der Waals surface area contributed by atoms with Gasteiger partial charge in [-0.3, -0.25) is 9.59 Å². The topological polar surface area (TPSA) is 99.4 Å². The minimum atomic E-state index is -0.631. The van der Waals surface area contributed by atoms with Gasteiger partial charge in [-0.25, -0.2) is 0 Å². The third kappa shape index (κ3) is 3.84. The predicted octanol–water partition coefficient (Wildman–Crippen LogP) is 2.29. The van der Waals surface area contributed by atoms with Crippen molar-refractivity contribution < 1.29 is 19.2 Å². The Kier molecular flexibility index (Phi) is 4.62. The number of hydrogen-bond donors (Lipinski definition) is 0. The molecule has 0 bridgehead atoms. The fourth-order valence-corrected chi connectivity index (χ4v) is 2.63. The summed E-state index contributed by atoms with van der Waals surface area (Å²) in [6.45, 7) is 1.35. The van der Waals surface area contributed by atoms with Gasteiger partial charge in [-0.15, -0.1) is 0 Å². The number of rotatable bonds is 5. The normalized spacial score (nSPS) is 21.0. The van der Waals surface area contributed by atoms with E-state index in [0.29, 0.717) is 0 Å². The Morgan fingerprint density at radius 2 is 2.19 bits per heavy atom. The summed E-state index contributed by atoms with van der Waals surface area (Å²) in [7, 11) is 0. The molecule has 1 aromatic rings. The Hall–Kier alpha value is -2.31. The summed E-state index contributed by atoms with van der Waals surface area (Å²) in [5, 5.41) is 10.7. The number of carbonyl (C=O) groups is 2. The van der Waals surface area contributed by atoms with Gasteiger partial charge in [0.15, 0.2) is 0 Å². The lowest BCUT2D eigenvalue weighted by Gasteiger charge is -2.18. The molecular formula is C14H16N2O5. The van der Waals surface area contributed by atoms with Crippen molar-refractivity contribution in [2.24, 2.45) is 5.92 Å². The molecule has 0 unspecified atom stereocenters. The number of ketones is 1. The summed E-state index contributed by atoms with van der Waals surface area (Å²) in [5.74, 6) is -0.998. The van der Waals surface area contributed by atoms with Crippen molar-refractivity contribution >= 4 is 17.6 Å². The van der Waals surface area contributed by atoms with E-state index in [2.05, 4.69) is 4.98 Å². The smallest absolute Gasteiger partial charge is 0.364 e. The van der Waals surface area contributed by atoms with Gasteiger partial charge >= 0.3 is 11.8 Å². The number of ether oxygens (including phenoxy) is 1. The third-order valence-corrected chi connectivity index (χ3v) is 3.56. The van der Waals surface area contributed by atoms with Gasteiger partial charge in [0.05, 0.1) is 0 Å². The van der Waals surface area contributed by atoms with Gasteiger partial charge < -0.3 is 14.9 Å². The van der Waals surface area contributed by atoms with Crippen LogP contribution in [0, 0.1) is 16.0 Å². The average Bonchev–Trinajstić information content (AvgIpc) is 2.85. The minimum Gasteiger partial charge on any atom is -0.462 e. The number of hydrogen-bond acceptors (Lipinski definition) is 6. The van der Waals surface area contributed by atoms with Crippen molar-refractivity contribution in [1.82, 2.24) is 4.98 Å². The van der Waals surface area contributed by atoms with Crippen molar-refractivity contribution in [2.45, 2.75) is 38.7 Å². The summed E-state index contributed by atoms with van der Waals surface area (Å²) in [4.78, 5) is 37.0. The predicted molar refractivity (Wildman–Crippen MR) is 72.7 cm³/mol. The molecule has 0 amide bonds. The van der Waals surface area contributed by atoms with E-state index >= 15 is 0 Å². The van der Waals surface area contributed by atoms with Crippen LogP contribution in [0.2, 0.25) is 0 Å². The standard InChI is InChI=1S/C14H16N2O5/c1-9(17)21-13-6-2-4-10(13)8-12(18)11-5-3-7-14(15-11)16(19)20/h3,5,7,10,13H,2,4,6,8H2,1H3/t10-,13+/m1/s1. The molecular weight excluding hydrogens is 276 g/mol. The minimum absolute atomic E-state index is 0.0394. The van der Waals surface area contributed by atoms with Crippen LogP contribution in [0.4, 0.5) is 5.82 Å². The number of nitrogens with zero attached hydrogens (tertiary/aromatic N) is 2. The number of Topliss-reactive ketones (excluding diaryl/α,β-unsaturated/α-hetero) is 1. The van der Waals surface area contributed by atoms with E-state index in [4.69, 9.17) is 4.74 Å². The van der Waals surface area contributed by atoms with E-state index in [0.717, 1.165) is 19.3 Å². The van der Waals surface area contributed by atoms with E-state index in [-0.39, 0.29) is 41.7 Å². The summed E-state index contributed by atoms with van der Waals surface area (Å²) >= 11 is 0. The Morgan fingerprint density at radius 1 is 1.43 bits per heavy atom. The van der Waals surface area contributed by atoms with Gasteiger partial charge in [-0.2, -0.15) is 0 Å². The highest BCUT2D eigenvalue weighted by atomic mass is 16.6. The van der Waals surface area contributed by atoms with Crippen LogP contribution in [0.15, 0.2) is 18.2 Å². The zero-order chi connectivity index (χ0) is 15.4. The fraction of sp³-hybridized carbons (Fsp3) is 0.500. The maximum atomic E-state index is 12.2. The first-order valence-electron chi connectivity index (χ1n) is 6.79. The van der Waals surface area contributed by atoms with Crippen LogP contribution in [0.3, 0.4) is 0 Å². The second-order valence-corrected chi connectivity index (χ2v) is 5.10. The quantitative estimate of drug-likeness (QED) is 0.357. The van der Waals surface area contributed by atoms with Crippen LogP contribution in [0.5, 0.6) is 0 Å². The van der Waals surface area contributed by atoms with E-state index in [1.54, 1.807) is 0 Å². The van der Waals surface area contributed by atoms with Gasteiger partial charge in [0.1, 0.15) is 6.10 Å². The van der Waals surface area contributed by atoms with Gasteiger partial charge in [0, 0.05) is 25.3 Å². The zero-order valence-corrected chi connectivity index (χ0v) is 11.7. The lowest BCUT2D eigenvalue weighted by molar-refractivity contribution is -0.389. The Bertz CT molecular complexity index is 572. The maximum Gasteiger partial charge on any atom is 0.364 e. The molecule has 21 heavy (non-hydrogen) atoms. The molecule has 1 aromatic heterocycles. The molecule has 7 heteroatoms. The third-order valence-electron chi connectivity index (χ3n) is 3.56. The van der Waals surface area contributed by atoms with Crippen LogP contribution in [0.1, 0.15) is 43.1 Å². The van der Waals surface area contributed by atoms with E-state index in [9.17, 15) is 19.7 Å². The lowest BCUT2D eigenvalue weighted by atomic mass is 9.97. The first-order chi connectivity index (χ1) is 9.97. The molecule has 0 saturated heterocycles. The van der Waals surface area contributed by atoms with Gasteiger partial charge in [-0.1, -0.05) is 0 Å². The van der Waals surface area contributed by atoms with Crippen LogP contribution < -0.4 is 0 Å². The number of carbonyl (C=O) groups excluding carboxylic acids is 2. The molecule has 0 radical (unpaired) electrons. The van der Waals surface area contributed by atoms with Gasteiger partial charge in [0.2, 0.25) is 11.5 Å². The van der Waals surface area contributed by atoms with Crippen molar-refractivity contribution in [3.63, 3.8) is 0 Å². The molecule has 1 aliphatic carbocycles. The molecule has 0 spiro atoms. The maximum absolute atomic E-state index is 12.2. The van der Waals surface area contributed by atoms with E-state index in [1.807, 2.05) is 0 Å². The molecule has 1 heterocycles. The molecule has 2 rings (SSSR count). The average molecular weight is 292 g/mol. The number of aromatic nitrogens is 1. The van der Waals surface area contributed by atoms with Crippen molar-refractivity contribution in [3.8, 4) is 0 Å². The van der Waals surface area contributed by atoms with Crippen LogP contribution in [0.25, 0.3) is 0 Å². The highest BCUT2D eigenvalue weighted by Gasteiger charge is 2.32. The Balaban J connectivity index is 2.05. The molecule has 0 aromatic carbocycles. The lowest BCUT2D eigenvalue weighted by Crippen LogP contribution is -2.23. The van der Waals surface area contributed by atoms with Crippen LogP contribution in [-0.4, -0.2) is 27.8 Å². The van der Waals surface area contributed by atoms with Gasteiger partial charge in [-0.05, 0) is 41.3 Å². The van der Waals surface area contributed by atoms with E-state index in [1.165, 1.54) is 25.1 Å². The molecule has 112 valence electrons. The first-order valence-corrected chi connectivity index (χ1v) is 6.79. The van der Waals surface area contributed by atoms with Crippen LogP contribution in [-0.2, 0) is 9.53 Å². The largest absolute Gasteiger partial charge is 0.462 e. The zero-order valence-electron chi connectivity index (χ0n) is 11.7. The molecule has 2 atom stereocenters. The van der Waals surface area contributed by atoms with E-state index < -0.39 is 4.92 Å². The Labute approximate surface area is 121 Å². The highest BCUT2D eigenvalue weighted by Crippen LogP contribution is 2.32.